The first-order valence-electron chi connectivity index (χ1n) is 9.69. The smallest absolute Gasteiger partial charge is 0.335 e. The lowest BCUT2D eigenvalue weighted by atomic mass is 10.1. The highest BCUT2D eigenvalue weighted by atomic mass is 19.1. The minimum Gasteiger partial charge on any atom is -0.478 e. The molecule has 7 heteroatoms. The third kappa shape index (κ3) is 3.91. The molecule has 156 valence electrons. The van der Waals surface area contributed by atoms with Crippen molar-refractivity contribution in [3.63, 3.8) is 0 Å². The molecule has 32 heavy (non-hydrogen) atoms. The first-order chi connectivity index (χ1) is 15.5. The summed E-state index contributed by atoms with van der Waals surface area (Å²) in [6.45, 7) is 0. The van der Waals surface area contributed by atoms with Gasteiger partial charge in [-0.2, -0.15) is 0 Å². The molecule has 0 spiro atoms. The maximum Gasteiger partial charge on any atom is 0.335 e. The zero-order valence-corrected chi connectivity index (χ0v) is 16.5. The van der Waals surface area contributed by atoms with Crippen molar-refractivity contribution in [2.24, 2.45) is 4.99 Å². The SMILES string of the molecule is O=C(O)c1cccc(-c2ccc(C=Nc3ccc4oc(-c5cccc(F)c5)nc4c3)o2)c1. The molecule has 0 aliphatic carbocycles. The van der Waals surface area contributed by atoms with Crippen molar-refractivity contribution in [1.29, 1.82) is 0 Å². The Hall–Kier alpha value is -4.52. The number of aliphatic imine (C=N–C) groups is 1. The molecule has 2 heterocycles. The Bertz CT molecular complexity index is 1480. The molecule has 0 aliphatic rings. The average molecular weight is 426 g/mol. The van der Waals surface area contributed by atoms with E-state index < -0.39 is 5.97 Å². The van der Waals surface area contributed by atoms with Gasteiger partial charge < -0.3 is 13.9 Å². The number of aromatic nitrogens is 1. The van der Waals surface area contributed by atoms with E-state index in [2.05, 4.69) is 9.98 Å². The molecule has 1 N–H and O–H groups in total. The molecule has 5 aromatic rings. The van der Waals surface area contributed by atoms with E-state index in [-0.39, 0.29) is 11.4 Å². The quantitative estimate of drug-likeness (QED) is 0.331. The van der Waals surface area contributed by atoms with Gasteiger partial charge in [-0.25, -0.2) is 14.2 Å². The molecule has 6 nitrogen and oxygen atoms in total. The first-order valence-corrected chi connectivity index (χ1v) is 9.69. The van der Waals surface area contributed by atoms with Gasteiger partial charge in [0.15, 0.2) is 5.58 Å². The molecule has 0 fully saturated rings. The summed E-state index contributed by atoms with van der Waals surface area (Å²) >= 11 is 0. The van der Waals surface area contributed by atoms with E-state index in [1.165, 1.54) is 18.2 Å². The highest BCUT2D eigenvalue weighted by Crippen LogP contribution is 2.28. The van der Waals surface area contributed by atoms with Crippen LogP contribution in [0.4, 0.5) is 10.1 Å². The van der Waals surface area contributed by atoms with Crippen molar-refractivity contribution in [1.82, 2.24) is 4.98 Å². The number of furan rings is 1. The van der Waals surface area contributed by atoms with Gasteiger partial charge in [-0.1, -0.05) is 18.2 Å². The van der Waals surface area contributed by atoms with Crippen molar-refractivity contribution in [2.45, 2.75) is 0 Å². The van der Waals surface area contributed by atoms with Crippen LogP contribution in [0.2, 0.25) is 0 Å². The Morgan fingerprint density at radius 2 is 1.78 bits per heavy atom. The molecule has 2 aromatic heterocycles. The topological polar surface area (TPSA) is 88.8 Å². The van der Waals surface area contributed by atoms with E-state index in [9.17, 15) is 9.18 Å². The fourth-order valence-corrected chi connectivity index (χ4v) is 3.26. The Balaban J connectivity index is 1.38. The van der Waals surface area contributed by atoms with Crippen LogP contribution in [-0.2, 0) is 0 Å². The van der Waals surface area contributed by atoms with Gasteiger partial charge in [0.05, 0.1) is 17.5 Å². The number of aromatic carboxylic acids is 1. The highest BCUT2D eigenvalue weighted by molar-refractivity contribution is 5.89. The van der Waals surface area contributed by atoms with Crippen molar-refractivity contribution < 1.29 is 23.1 Å². The van der Waals surface area contributed by atoms with Gasteiger partial charge in [0.25, 0.3) is 0 Å². The second-order valence-electron chi connectivity index (χ2n) is 7.03. The third-order valence-electron chi connectivity index (χ3n) is 4.80. The molecule has 0 unspecified atom stereocenters. The third-order valence-corrected chi connectivity index (χ3v) is 4.80. The number of hydrogen-bond donors (Lipinski definition) is 1. The van der Waals surface area contributed by atoms with Gasteiger partial charge in [-0.15, -0.1) is 0 Å². The number of halogens is 1. The maximum absolute atomic E-state index is 13.5. The van der Waals surface area contributed by atoms with Crippen LogP contribution in [0.25, 0.3) is 33.9 Å². The van der Waals surface area contributed by atoms with Gasteiger partial charge >= 0.3 is 5.97 Å². The number of fused-ring (bicyclic) bond motifs is 1. The molecule has 0 saturated heterocycles. The van der Waals surface area contributed by atoms with Crippen LogP contribution < -0.4 is 0 Å². The molecule has 0 bridgehead atoms. The Morgan fingerprint density at radius 3 is 2.62 bits per heavy atom. The summed E-state index contributed by atoms with van der Waals surface area (Å²) in [6, 6.07) is 21.4. The summed E-state index contributed by atoms with van der Waals surface area (Å²) in [5.41, 5.74) is 3.22. The largest absolute Gasteiger partial charge is 0.478 e. The van der Waals surface area contributed by atoms with E-state index in [0.717, 1.165) is 0 Å². The zero-order chi connectivity index (χ0) is 22.1. The Morgan fingerprint density at radius 1 is 0.938 bits per heavy atom. The minimum absolute atomic E-state index is 0.188. The van der Waals surface area contributed by atoms with E-state index in [4.69, 9.17) is 13.9 Å². The fourth-order valence-electron chi connectivity index (χ4n) is 3.26. The summed E-state index contributed by atoms with van der Waals surface area (Å²) in [4.78, 5) is 20.0. The highest BCUT2D eigenvalue weighted by Gasteiger charge is 2.10. The number of carbonyl (C=O) groups is 1. The molecule has 0 aliphatic heterocycles. The molecular weight excluding hydrogens is 411 g/mol. The standard InChI is InChI=1S/C25H15FN2O4/c26-18-6-2-4-16(12-18)24-28-21-13-19(7-9-23(21)32-24)27-14-20-8-10-22(31-20)15-3-1-5-17(11-15)25(29)30/h1-14H,(H,29,30). The molecule has 3 aromatic carbocycles. The number of carboxylic acid groups (broad SMARTS) is 1. The maximum atomic E-state index is 13.5. The minimum atomic E-state index is -0.996. The molecule has 0 amide bonds. The van der Waals surface area contributed by atoms with Crippen LogP contribution in [0.5, 0.6) is 0 Å². The summed E-state index contributed by atoms with van der Waals surface area (Å²) < 4.78 is 25.0. The van der Waals surface area contributed by atoms with Gasteiger partial charge in [-0.3, -0.25) is 4.99 Å². The van der Waals surface area contributed by atoms with E-state index >= 15 is 0 Å². The van der Waals surface area contributed by atoms with Crippen molar-refractivity contribution in [3.8, 4) is 22.8 Å². The van der Waals surface area contributed by atoms with Gasteiger partial charge in [0.2, 0.25) is 5.89 Å². The van der Waals surface area contributed by atoms with Crippen LogP contribution in [0.3, 0.4) is 0 Å². The van der Waals surface area contributed by atoms with Crippen LogP contribution in [0.15, 0.2) is 92.7 Å². The number of carboxylic acids is 1. The Labute approximate surface area is 181 Å². The van der Waals surface area contributed by atoms with Crippen molar-refractivity contribution >= 4 is 29.0 Å². The van der Waals surface area contributed by atoms with Gasteiger partial charge in [0.1, 0.15) is 22.9 Å². The van der Waals surface area contributed by atoms with Crippen LogP contribution >= 0.6 is 0 Å². The van der Waals surface area contributed by atoms with Crippen LogP contribution in [0.1, 0.15) is 16.1 Å². The molecular formula is C25H15FN2O4. The molecule has 0 saturated carbocycles. The van der Waals surface area contributed by atoms with Crippen molar-refractivity contribution in [3.05, 3.63) is 96.0 Å². The van der Waals surface area contributed by atoms with E-state index in [1.54, 1.807) is 66.9 Å². The summed E-state index contributed by atoms with van der Waals surface area (Å²) in [5.74, 6) is 0.0362. The number of hydrogen-bond acceptors (Lipinski definition) is 5. The number of rotatable bonds is 5. The second-order valence-corrected chi connectivity index (χ2v) is 7.03. The monoisotopic (exact) mass is 426 g/mol. The van der Waals surface area contributed by atoms with E-state index in [0.29, 0.717) is 45.3 Å². The molecule has 0 radical (unpaired) electrons. The number of benzene rings is 3. The summed E-state index contributed by atoms with van der Waals surface area (Å²) in [6.07, 6.45) is 1.57. The normalized spacial score (nSPS) is 11.4. The van der Waals surface area contributed by atoms with Crippen molar-refractivity contribution in [2.75, 3.05) is 0 Å². The first kappa shape index (κ1) is 19.4. The average Bonchev–Trinajstić information content (AvgIpc) is 3.44. The summed E-state index contributed by atoms with van der Waals surface area (Å²) in [7, 11) is 0. The fraction of sp³-hybridized carbons (Fsp3) is 0. The van der Waals surface area contributed by atoms with Crippen LogP contribution in [-0.4, -0.2) is 22.3 Å². The van der Waals surface area contributed by atoms with E-state index in [1.807, 2.05) is 0 Å². The van der Waals surface area contributed by atoms with Crippen LogP contribution in [0, 0.1) is 5.82 Å². The van der Waals surface area contributed by atoms with Gasteiger partial charge in [-0.05, 0) is 60.7 Å². The lowest BCUT2D eigenvalue weighted by Gasteiger charge is -1.99. The lowest BCUT2D eigenvalue weighted by Crippen LogP contribution is -1.95. The molecule has 5 rings (SSSR count). The lowest BCUT2D eigenvalue weighted by molar-refractivity contribution is 0.0697. The predicted molar refractivity (Wildman–Crippen MR) is 118 cm³/mol. The van der Waals surface area contributed by atoms with Gasteiger partial charge in [0, 0.05) is 11.1 Å². The Kier molecular flexibility index (Phi) is 4.84. The predicted octanol–water partition coefficient (Wildman–Crippen LogP) is 6.34. The zero-order valence-electron chi connectivity index (χ0n) is 16.5. The number of oxazole rings is 1. The summed E-state index contributed by atoms with van der Waals surface area (Å²) in [5, 5.41) is 9.15. The number of nitrogens with zero attached hydrogens (tertiary/aromatic N) is 2. The molecule has 0 atom stereocenters. The second kappa shape index (κ2) is 7.96.